The average Bonchev–Trinajstić information content (AvgIpc) is 3.19. The third-order valence-corrected chi connectivity index (χ3v) is 7.88. The van der Waals surface area contributed by atoms with Gasteiger partial charge in [-0.15, -0.1) is 11.3 Å². The van der Waals surface area contributed by atoms with Crippen LogP contribution in [-0.2, 0) is 19.4 Å². The Hall–Kier alpha value is -2.50. The molecule has 4 nitrogen and oxygen atoms in total. The standard InChI is InChI=1S/C25H26N4S/c1-2-9-20-18(6-1)7-5-8-19(20)16-28-12-14-29(15-13-28)24-23-21-10-3-4-11-22(21)30-25(23)27-17-26-24/h1-2,5-9,17H,3-4,10-16H2. The molecule has 152 valence electrons. The first-order chi connectivity index (χ1) is 14.9. The lowest BCUT2D eigenvalue weighted by atomic mass is 9.97. The smallest absolute Gasteiger partial charge is 0.141 e. The molecule has 0 saturated carbocycles. The van der Waals surface area contributed by atoms with Gasteiger partial charge in [0, 0.05) is 37.6 Å². The van der Waals surface area contributed by atoms with Crippen LogP contribution < -0.4 is 4.90 Å². The lowest BCUT2D eigenvalue weighted by Crippen LogP contribution is -2.46. The van der Waals surface area contributed by atoms with E-state index in [0.29, 0.717) is 0 Å². The largest absolute Gasteiger partial charge is 0.353 e. The van der Waals surface area contributed by atoms with Crippen molar-refractivity contribution >= 4 is 38.1 Å². The predicted octanol–water partition coefficient (Wildman–Crippen LogP) is 5.05. The van der Waals surface area contributed by atoms with Gasteiger partial charge >= 0.3 is 0 Å². The Kier molecular flexibility index (Phi) is 4.65. The number of thiophene rings is 1. The first kappa shape index (κ1) is 18.3. The van der Waals surface area contributed by atoms with Gasteiger partial charge in [-0.05, 0) is 47.6 Å². The van der Waals surface area contributed by atoms with Gasteiger partial charge in [0.15, 0.2) is 0 Å². The van der Waals surface area contributed by atoms with Crippen molar-refractivity contribution in [1.29, 1.82) is 0 Å². The zero-order chi connectivity index (χ0) is 19.9. The van der Waals surface area contributed by atoms with Crippen LogP contribution in [0.4, 0.5) is 5.82 Å². The van der Waals surface area contributed by atoms with E-state index in [1.54, 1.807) is 11.2 Å². The molecule has 2 aliphatic rings. The molecule has 30 heavy (non-hydrogen) atoms. The molecule has 0 bridgehead atoms. The third kappa shape index (κ3) is 3.17. The van der Waals surface area contributed by atoms with Crippen molar-refractivity contribution in [3.8, 4) is 0 Å². The zero-order valence-corrected chi connectivity index (χ0v) is 18.0. The number of piperazine rings is 1. The van der Waals surface area contributed by atoms with Crippen molar-refractivity contribution < 1.29 is 0 Å². The second-order valence-corrected chi connectivity index (χ2v) is 9.57. The van der Waals surface area contributed by atoms with Crippen LogP contribution in [0.1, 0.15) is 28.8 Å². The van der Waals surface area contributed by atoms with Crippen LogP contribution in [0, 0.1) is 0 Å². The summed E-state index contributed by atoms with van der Waals surface area (Å²) in [7, 11) is 0. The quantitative estimate of drug-likeness (QED) is 0.470. The fourth-order valence-corrected chi connectivity index (χ4v) is 6.33. The Morgan fingerprint density at radius 1 is 0.867 bits per heavy atom. The Bertz CT molecular complexity index is 1200. The molecule has 0 atom stereocenters. The molecule has 4 aromatic rings. The summed E-state index contributed by atoms with van der Waals surface area (Å²) >= 11 is 1.89. The predicted molar refractivity (Wildman–Crippen MR) is 125 cm³/mol. The summed E-state index contributed by atoms with van der Waals surface area (Å²) in [5.74, 6) is 1.17. The molecule has 5 heteroatoms. The van der Waals surface area contributed by atoms with Gasteiger partial charge < -0.3 is 4.90 Å². The van der Waals surface area contributed by atoms with E-state index >= 15 is 0 Å². The normalized spacial score (nSPS) is 17.5. The van der Waals surface area contributed by atoms with E-state index in [1.165, 1.54) is 63.6 Å². The molecular weight excluding hydrogens is 388 g/mol. The minimum Gasteiger partial charge on any atom is -0.353 e. The maximum atomic E-state index is 4.76. The van der Waals surface area contributed by atoms with Crippen molar-refractivity contribution in [3.63, 3.8) is 0 Å². The number of aromatic nitrogens is 2. The first-order valence-electron chi connectivity index (χ1n) is 11.1. The summed E-state index contributed by atoms with van der Waals surface area (Å²) in [5.41, 5.74) is 2.97. The first-order valence-corrected chi connectivity index (χ1v) is 11.9. The van der Waals surface area contributed by atoms with E-state index in [9.17, 15) is 0 Å². The maximum Gasteiger partial charge on any atom is 0.141 e. The van der Waals surface area contributed by atoms with Crippen LogP contribution in [0.2, 0.25) is 0 Å². The molecule has 1 aliphatic heterocycles. The molecule has 0 N–H and O–H groups in total. The number of nitrogens with zero attached hydrogens (tertiary/aromatic N) is 4. The van der Waals surface area contributed by atoms with Crippen molar-refractivity contribution in [3.05, 3.63) is 64.8 Å². The van der Waals surface area contributed by atoms with Crippen molar-refractivity contribution in [2.45, 2.75) is 32.2 Å². The molecule has 0 unspecified atom stereocenters. The van der Waals surface area contributed by atoms with Crippen LogP contribution in [0.5, 0.6) is 0 Å². The van der Waals surface area contributed by atoms with Gasteiger partial charge in [-0.2, -0.15) is 0 Å². The summed E-state index contributed by atoms with van der Waals surface area (Å²) in [6, 6.07) is 15.4. The highest BCUT2D eigenvalue weighted by molar-refractivity contribution is 7.19. The summed E-state index contributed by atoms with van der Waals surface area (Å²) in [6.07, 6.45) is 6.79. The van der Waals surface area contributed by atoms with Crippen molar-refractivity contribution in [2.24, 2.45) is 0 Å². The number of hydrogen-bond acceptors (Lipinski definition) is 5. The van der Waals surface area contributed by atoms with E-state index in [0.717, 1.165) is 32.7 Å². The fourth-order valence-electron chi connectivity index (χ4n) is 5.10. The van der Waals surface area contributed by atoms with Crippen LogP contribution in [0.15, 0.2) is 48.8 Å². The van der Waals surface area contributed by atoms with Gasteiger partial charge in [0.1, 0.15) is 17.0 Å². The van der Waals surface area contributed by atoms with Gasteiger partial charge in [0.25, 0.3) is 0 Å². The molecule has 2 aromatic heterocycles. The van der Waals surface area contributed by atoms with E-state index < -0.39 is 0 Å². The number of aryl methyl sites for hydroxylation is 2. The van der Waals surface area contributed by atoms with Gasteiger partial charge in [-0.25, -0.2) is 9.97 Å². The summed E-state index contributed by atoms with van der Waals surface area (Å²) < 4.78 is 0. The molecule has 3 heterocycles. The number of benzene rings is 2. The molecule has 0 amide bonds. The van der Waals surface area contributed by atoms with Gasteiger partial charge in [0.2, 0.25) is 0 Å². The molecule has 1 aliphatic carbocycles. The average molecular weight is 415 g/mol. The van der Waals surface area contributed by atoms with E-state index in [2.05, 4.69) is 57.2 Å². The fraction of sp³-hybridized carbons (Fsp3) is 0.360. The Balaban J connectivity index is 1.22. The monoisotopic (exact) mass is 414 g/mol. The Labute approximate surface area is 181 Å². The summed E-state index contributed by atoms with van der Waals surface area (Å²) in [4.78, 5) is 17.2. The second-order valence-electron chi connectivity index (χ2n) is 8.49. The topological polar surface area (TPSA) is 32.3 Å². The number of rotatable bonds is 3. The van der Waals surface area contributed by atoms with Crippen LogP contribution in [-0.4, -0.2) is 41.0 Å². The van der Waals surface area contributed by atoms with E-state index in [-0.39, 0.29) is 0 Å². The zero-order valence-electron chi connectivity index (χ0n) is 17.2. The lowest BCUT2D eigenvalue weighted by molar-refractivity contribution is 0.250. The number of hydrogen-bond donors (Lipinski definition) is 0. The minimum absolute atomic E-state index is 1.02. The highest BCUT2D eigenvalue weighted by Gasteiger charge is 2.25. The highest BCUT2D eigenvalue weighted by Crippen LogP contribution is 2.39. The molecule has 1 fully saturated rings. The van der Waals surface area contributed by atoms with Gasteiger partial charge in [0.05, 0.1) is 5.39 Å². The lowest BCUT2D eigenvalue weighted by Gasteiger charge is -2.36. The molecule has 6 rings (SSSR count). The minimum atomic E-state index is 1.02. The van der Waals surface area contributed by atoms with Crippen molar-refractivity contribution in [2.75, 3.05) is 31.1 Å². The van der Waals surface area contributed by atoms with Gasteiger partial charge in [-0.1, -0.05) is 42.5 Å². The molecular formula is C25H26N4S. The molecule has 1 saturated heterocycles. The van der Waals surface area contributed by atoms with Crippen LogP contribution >= 0.6 is 11.3 Å². The number of fused-ring (bicyclic) bond motifs is 4. The third-order valence-electron chi connectivity index (χ3n) is 6.68. The second kappa shape index (κ2) is 7.64. The van der Waals surface area contributed by atoms with Gasteiger partial charge in [-0.3, -0.25) is 4.90 Å². The van der Waals surface area contributed by atoms with E-state index in [4.69, 9.17) is 4.98 Å². The van der Waals surface area contributed by atoms with E-state index in [1.807, 2.05) is 11.3 Å². The van der Waals surface area contributed by atoms with Crippen molar-refractivity contribution in [1.82, 2.24) is 14.9 Å². The Morgan fingerprint density at radius 3 is 2.63 bits per heavy atom. The number of anilines is 1. The summed E-state index contributed by atoms with van der Waals surface area (Å²) in [6.45, 7) is 5.22. The summed E-state index contributed by atoms with van der Waals surface area (Å²) in [5, 5.41) is 4.06. The highest BCUT2D eigenvalue weighted by atomic mass is 32.1. The molecule has 2 aromatic carbocycles. The SMILES string of the molecule is c1ccc2c(CN3CCN(c4ncnc5sc6c(c45)CCCC6)CC3)cccc2c1. The Morgan fingerprint density at radius 2 is 1.70 bits per heavy atom. The maximum absolute atomic E-state index is 4.76. The van der Waals surface area contributed by atoms with Crippen LogP contribution in [0.3, 0.4) is 0 Å². The van der Waals surface area contributed by atoms with Crippen LogP contribution in [0.25, 0.3) is 21.0 Å². The molecule has 0 spiro atoms. The molecule has 0 radical (unpaired) electrons.